The first-order valence-electron chi connectivity index (χ1n) is 29.3. The maximum Gasteiger partial charge on any atom is 0.306 e. The number of allylic oxidation sites excluding steroid dienone is 24. The van der Waals surface area contributed by atoms with Gasteiger partial charge in [0.05, 0.1) is 0 Å². The molecule has 0 bridgehead atoms. The van der Waals surface area contributed by atoms with Crippen LogP contribution < -0.4 is 0 Å². The van der Waals surface area contributed by atoms with Crippen molar-refractivity contribution in [1.82, 2.24) is 0 Å². The summed E-state index contributed by atoms with van der Waals surface area (Å²) >= 11 is 0. The lowest BCUT2D eigenvalue weighted by atomic mass is 10.1. The smallest absolute Gasteiger partial charge is 0.306 e. The molecule has 73 heavy (non-hydrogen) atoms. The van der Waals surface area contributed by atoms with Gasteiger partial charge in [-0.25, -0.2) is 0 Å². The lowest BCUT2D eigenvalue weighted by molar-refractivity contribution is -0.167. The summed E-state index contributed by atoms with van der Waals surface area (Å²) < 4.78 is 16.7. The molecule has 6 heteroatoms. The van der Waals surface area contributed by atoms with Gasteiger partial charge in [0, 0.05) is 19.3 Å². The third-order valence-electron chi connectivity index (χ3n) is 11.8. The first-order chi connectivity index (χ1) is 36.0. The molecule has 0 saturated carbocycles. The van der Waals surface area contributed by atoms with E-state index in [-0.39, 0.29) is 31.1 Å². The van der Waals surface area contributed by atoms with Gasteiger partial charge in [0.25, 0.3) is 0 Å². The van der Waals surface area contributed by atoms with Gasteiger partial charge in [0.1, 0.15) is 13.2 Å². The minimum Gasteiger partial charge on any atom is -0.462 e. The monoisotopic (exact) mass is 1010 g/mol. The molecule has 0 aliphatic carbocycles. The van der Waals surface area contributed by atoms with Crippen LogP contribution in [-0.2, 0) is 28.6 Å². The molecule has 0 fully saturated rings. The zero-order valence-corrected chi connectivity index (χ0v) is 46.8. The van der Waals surface area contributed by atoms with Crippen LogP contribution in [0.4, 0.5) is 0 Å². The van der Waals surface area contributed by atoms with E-state index in [4.69, 9.17) is 14.2 Å². The van der Waals surface area contributed by atoms with Crippen LogP contribution in [0.5, 0.6) is 0 Å². The van der Waals surface area contributed by atoms with E-state index in [9.17, 15) is 14.4 Å². The molecule has 0 saturated heterocycles. The number of hydrogen-bond acceptors (Lipinski definition) is 6. The van der Waals surface area contributed by atoms with Crippen LogP contribution in [-0.4, -0.2) is 37.2 Å². The van der Waals surface area contributed by atoms with Crippen molar-refractivity contribution in [3.63, 3.8) is 0 Å². The number of carbonyl (C=O) groups is 3. The van der Waals surface area contributed by atoms with E-state index in [0.29, 0.717) is 25.7 Å². The van der Waals surface area contributed by atoms with Gasteiger partial charge in [-0.1, -0.05) is 244 Å². The van der Waals surface area contributed by atoms with Gasteiger partial charge in [-0.2, -0.15) is 0 Å². The van der Waals surface area contributed by atoms with Crippen LogP contribution in [0.1, 0.15) is 239 Å². The Morgan fingerprint density at radius 3 is 0.863 bits per heavy atom. The van der Waals surface area contributed by atoms with Crippen molar-refractivity contribution in [2.75, 3.05) is 13.2 Å². The number of carbonyl (C=O) groups excluding carboxylic acids is 3. The largest absolute Gasteiger partial charge is 0.462 e. The molecule has 0 radical (unpaired) electrons. The zero-order chi connectivity index (χ0) is 52.9. The number of ether oxygens (including phenoxy) is 3. The molecule has 1 unspecified atom stereocenters. The van der Waals surface area contributed by atoms with E-state index < -0.39 is 6.10 Å². The van der Waals surface area contributed by atoms with Crippen LogP contribution >= 0.6 is 0 Å². The molecule has 0 heterocycles. The highest BCUT2D eigenvalue weighted by molar-refractivity contribution is 5.71. The Bertz CT molecular complexity index is 1630. The third-order valence-corrected chi connectivity index (χ3v) is 11.8. The summed E-state index contributed by atoms with van der Waals surface area (Å²) in [5.41, 5.74) is 0. The normalized spacial score (nSPS) is 13.2. The second kappa shape index (κ2) is 59.8. The van der Waals surface area contributed by atoms with E-state index in [1.54, 1.807) is 0 Å². The Morgan fingerprint density at radius 1 is 0.288 bits per heavy atom. The molecule has 0 N–H and O–H groups in total. The lowest BCUT2D eigenvalue weighted by Crippen LogP contribution is -2.30. The molecule has 0 aliphatic rings. The van der Waals surface area contributed by atoms with E-state index in [1.807, 2.05) is 0 Å². The highest BCUT2D eigenvalue weighted by Crippen LogP contribution is 2.14. The van der Waals surface area contributed by atoms with Crippen LogP contribution in [0.15, 0.2) is 146 Å². The van der Waals surface area contributed by atoms with Gasteiger partial charge in [0.15, 0.2) is 6.10 Å². The Hall–Kier alpha value is -4.71. The molecule has 0 aromatic rings. The molecule has 0 aromatic carbocycles. The Kier molecular flexibility index (Phi) is 56.0. The number of esters is 3. The average Bonchev–Trinajstić information content (AvgIpc) is 3.39. The molecular formula is C67H106O6. The zero-order valence-electron chi connectivity index (χ0n) is 46.8. The topological polar surface area (TPSA) is 78.9 Å². The predicted octanol–water partition coefficient (Wildman–Crippen LogP) is 20.0. The Morgan fingerprint density at radius 2 is 0.534 bits per heavy atom. The summed E-state index contributed by atoms with van der Waals surface area (Å²) in [4.78, 5) is 38.0. The van der Waals surface area contributed by atoms with Crippen LogP contribution in [0.2, 0.25) is 0 Å². The third kappa shape index (κ3) is 58.1. The quantitative estimate of drug-likeness (QED) is 0.0261. The predicted molar refractivity (Wildman–Crippen MR) is 315 cm³/mol. The Labute approximate surface area is 448 Å². The average molecular weight is 1010 g/mol. The van der Waals surface area contributed by atoms with Crippen molar-refractivity contribution in [2.24, 2.45) is 0 Å². The molecule has 0 rings (SSSR count). The standard InChI is InChI=1S/C67H106O6/c1-4-7-10-13-16-18-20-22-24-26-28-30-31-32-33-34-35-37-38-40-42-44-46-48-51-54-57-60-66(69)72-63-64(62-71-65(68)59-56-53-50-15-12-9-6-3)73-67(70)61-58-55-52-49-47-45-43-41-39-36-29-27-25-23-21-19-17-14-11-8-5-2/h7-8,10-11,16-19,22-25,28-30,32-33,35-37,40,42,46,48,64H,4-6,9,12-15,20-21,26-27,31,34,38-39,41,43-45,47,49-63H2,1-3H3/b10-7-,11-8-,18-16-,19-17-,24-22-,25-23-,30-28-,33-32-,36-29-,37-35-,42-40-,48-46-. The van der Waals surface area contributed by atoms with Gasteiger partial charge in [-0.3, -0.25) is 14.4 Å². The maximum absolute atomic E-state index is 12.8. The molecular weight excluding hydrogens is 901 g/mol. The summed E-state index contributed by atoms with van der Waals surface area (Å²) in [7, 11) is 0. The van der Waals surface area contributed by atoms with Crippen molar-refractivity contribution in [3.8, 4) is 0 Å². The van der Waals surface area contributed by atoms with Gasteiger partial charge in [-0.15, -0.1) is 0 Å². The van der Waals surface area contributed by atoms with Crippen molar-refractivity contribution >= 4 is 17.9 Å². The fraction of sp³-hybridized carbons (Fsp3) is 0.597. The van der Waals surface area contributed by atoms with Crippen molar-refractivity contribution in [3.05, 3.63) is 146 Å². The highest BCUT2D eigenvalue weighted by Gasteiger charge is 2.19. The SMILES string of the molecule is CC/C=C\C/C=C\C/C=C\C/C=C\C/C=C\C/C=C\C/C=C\C/C=C\CCCCC(=O)OCC(COC(=O)CCCCCCCCC)OC(=O)CCCCCCCCCC/C=C\C/C=C\C/C=C\C/C=C\CC. The minimum atomic E-state index is -0.804. The maximum atomic E-state index is 12.8. The fourth-order valence-electron chi connectivity index (χ4n) is 7.51. The molecule has 6 nitrogen and oxygen atoms in total. The molecule has 410 valence electrons. The van der Waals surface area contributed by atoms with E-state index in [2.05, 4.69) is 167 Å². The summed E-state index contributed by atoms with van der Waals surface area (Å²) in [6.45, 7) is 6.31. The molecule has 0 aromatic heterocycles. The van der Waals surface area contributed by atoms with Crippen LogP contribution in [0, 0.1) is 0 Å². The fourth-order valence-corrected chi connectivity index (χ4v) is 7.51. The Balaban J connectivity index is 4.33. The number of unbranched alkanes of at least 4 members (excludes halogenated alkanes) is 16. The summed E-state index contributed by atoms with van der Waals surface area (Å²) in [6.07, 6.45) is 85.8. The van der Waals surface area contributed by atoms with Gasteiger partial charge in [-0.05, 0) is 122 Å². The van der Waals surface area contributed by atoms with Gasteiger partial charge < -0.3 is 14.2 Å². The lowest BCUT2D eigenvalue weighted by Gasteiger charge is -2.18. The van der Waals surface area contributed by atoms with Crippen molar-refractivity contribution < 1.29 is 28.6 Å². The highest BCUT2D eigenvalue weighted by atomic mass is 16.6. The molecule has 1 atom stereocenters. The minimum absolute atomic E-state index is 0.0999. The van der Waals surface area contributed by atoms with E-state index in [0.717, 1.165) is 135 Å². The molecule has 0 amide bonds. The van der Waals surface area contributed by atoms with Crippen LogP contribution in [0.3, 0.4) is 0 Å². The molecule has 0 aliphatic heterocycles. The first kappa shape index (κ1) is 68.3. The van der Waals surface area contributed by atoms with Crippen molar-refractivity contribution in [1.29, 1.82) is 0 Å². The van der Waals surface area contributed by atoms with Crippen LogP contribution in [0.25, 0.3) is 0 Å². The summed E-state index contributed by atoms with van der Waals surface area (Å²) in [6, 6.07) is 0. The van der Waals surface area contributed by atoms with E-state index in [1.165, 1.54) is 57.8 Å². The van der Waals surface area contributed by atoms with E-state index >= 15 is 0 Å². The summed E-state index contributed by atoms with van der Waals surface area (Å²) in [5, 5.41) is 0. The molecule has 0 spiro atoms. The number of rotatable bonds is 51. The first-order valence-corrected chi connectivity index (χ1v) is 29.3. The van der Waals surface area contributed by atoms with Gasteiger partial charge >= 0.3 is 17.9 Å². The van der Waals surface area contributed by atoms with Crippen molar-refractivity contribution in [2.45, 2.75) is 245 Å². The van der Waals surface area contributed by atoms with Gasteiger partial charge in [0.2, 0.25) is 0 Å². The summed E-state index contributed by atoms with van der Waals surface area (Å²) in [5.74, 6) is -0.967. The second-order valence-corrected chi connectivity index (χ2v) is 18.8. The number of hydrogen-bond donors (Lipinski definition) is 0. The second-order valence-electron chi connectivity index (χ2n) is 18.8.